The lowest BCUT2D eigenvalue weighted by Crippen LogP contribution is -2.18. The van der Waals surface area contributed by atoms with Crippen molar-refractivity contribution in [2.75, 3.05) is 19.1 Å². The van der Waals surface area contributed by atoms with E-state index in [1.165, 1.54) is 0 Å². The lowest BCUT2D eigenvalue weighted by molar-refractivity contribution is 0.414. The number of anilines is 1. The number of benzene rings is 1. The highest BCUT2D eigenvalue weighted by Crippen LogP contribution is 2.19. The molecule has 0 bridgehead atoms. The van der Waals surface area contributed by atoms with Gasteiger partial charge in [0.2, 0.25) is 0 Å². The van der Waals surface area contributed by atoms with Crippen molar-refractivity contribution in [2.45, 2.75) is 13.5 Å². The van der Waals surface area contributed by atoms with Crippen LogP contribution in [0.3, 0.4) is 0 Å². The summed E-state index contributed by atoms with van der Waals surface area (Å²) in [4.78, 5) is 10.5. The molecule has 100 valence electrons. The lowest BCUT2D eigenvalue weighted by atomic mass is 10.2. The first-order chi connectivity index (χ1) is 9.08. The topological polar surface area (TPSA) is 38.2 Å². The molecule has 4 nitrogen and oxygen atoms in total. The Kier molecular flexibility index (Phi) is 4.22. The third kappa shape index (κ3) is 3.58. The molecule has 0 aliphatic rings. The zero-order chi connectivity index (χ0) is 13.8. The van der Waals surface area contributed by atoms with Gasteiger partial charge in [-0.1, -0.05) is 23.7 Å². The van der Waals surface area contributed by atoms with E-state index in [2.05, 4.69) is 16.0 Å². The van der Waals surface area contributed by atoms with E-state index in [1.807, 2.05) is 37.1 Å². The summed E-state index contributed by atoms with van der Waals surface area (Å²) in [6.45, 7) is 2.55. The van der Waals surface area contributed by atoms with Crippen molar-refractivity contribution in [3.05, 3.63) is 46.9 Å². The van der Waals surface area contributed by atoms with Crippen LogP contribution in [0.2, 0.25) is 5.15 Å². The Hall–Kier alpha value is -1.81. The number of hydrogen-bond acceptors (Lipinski definition) is 4. The Morgan fingerprint density at radius 1 is 1.26 bits per heavy atom. The molecule has 0 aliphatic heterocycles. The third-order valence-corrected chi connectivity index (χ3v) is 2.93. The Morgan fingerprint density at radius 3 is 2.74 bits per heavy atom. The fourth-order valence-corrected chi connectivity index (χ4v) is 2.06. The Bertz CT molecular complexity index is 554. The van der Waals surface area contributed by atoms with E-state index in [0.29, 0.717) is 11.0 Å². The van der Waals surface area contributed by atoms with Crippen LogP contribution < -0.4 is 9.64 Å². The zero-order valence-corrected chi connectivity index (χ0v) is 12.0. The summed E-state index contributed by atoms with van der Waals surface area (Å²) in [5, 5.41) is 0.458. The molecule has 2 rings (SSSR count). The molecule has 0 N–H and O–H groups in total. The molecule has 0 unspecified atom stereocenters. The fourth-order valence-electron chi connectivity index (χ4n) is 1.84. The number of ether oxygens (including phenoxy) is 1. The molecule has 0 radical (unpaired) electrons. The minimum atomic E-state index is 0.458. The number of hydrogen-bond donors (Lipinski definition) is 0. The molecule has 0 saturated carbocycles. The van der Waals surface area contributed by atoms with Gasteiger partial charge in [-0.05, 0) is 24.6 Å². The normalized spacial score (nSPS) is 10.3. The maximum absolute atomic E-state index is 5.95. The molecule has 0 saturated heterocycles. The van der Waals surface area contributed by atoms with Crippen molar-refractivity contribution in [2.24, 2.45) is 0 Å². The zero-order valence-electron chi connectivity index (χ0n) is 11.2. The second kappa shape index (κ2) is 5.89. The monoisotopic (exact) mass is 277 g/mol. The summed E-state index contributed by atoms with van der Waals surface area (Å²) in [5.74, 6) is 2.32. The maximum atomic E-state index is 5.95. The molecule has 0 aliphatic carbocycles. The van der Waals surface area contributed by atoms with E-state index in [9.17, 15) is 0 Å². The van der Waals surface area contributed by atoms with Gasteiger partial charge in [0.05, 0.1) is 7.11 Å². The predicted molar refractivity (Wildman–Crippen MR) is 76.9 cm³/mol. The minimum Gasteiger partial charge on any atom is -0.497 e. The first-order valence-electron chi connectivity index (χ1n) is 5.94. The van der Waals surface area contributed by atoms with Crippen molar-refractivity contribution < 1.29 is 4.74 Å². The highest BCUT2D eigenvalue weighted by atomic mass is 35.5. The van der Waals surface area contributed by atoms with Crippen LogP contribution in [0, 0.1) is 6.92 Å². The number of aromatic nitrogens is 2. The van der Waals surface area contributed by atoms with E-state index in [0.717, 1.165) is 23.7 Å². The summed E-state index contributed by atoms with van der Waals surface area (Å²) in [6.07, 6.45) is 0. The molecule has 19 heavy (non-hydrogen) atoms. The maximum Gasteiger partial charge on any atom is 0.134 e. The number of nitrogens with zero attached hydrogens (tertiary/aromatic N) is 3. The van der Waals surface area contributed by atoms with Crippen molar-refractivity contribution in [1.82, 2.24) is 9.97 Å². The average molecular weight is 278 g/mol. The SMILES string of the molecule is COc1cccc(CN(C)c2cc(Cl)nc(C)n2)c1. The van der Waals surface area contributed by atoms with Crippen LogP contribution in [-0.2, 0) is 6.54 Å². The van der Waals surface area contributed by atoms with Crippen LogP contribution in [-0.4, -0.2) is 24.1 Å². The van der Waals surface area contributed by atoms with Crippen LogP contribution in [0.4, 0.5) is 5.82 Å². The van der Waals surface area contributed by atoms with Gasteiger partial charge in [0, 0.05) is 19.7 Å². The molecule has 5 heteroatoms. The van der Waals surface area contributed by atoms with Crippen molar-refractivity contribution in [1.29, 1.82) is 0 Å². The number of methoxy groups -OCH3 is 1. The van der Waals surface area contributed by atoms with E-state index >= 15 is 0 Å². The predicted octanol–water partition coefficient (Wildman–Crippen LogP) is 3.08. The first-order valence-corrected chi connectivity index (χ1v) is 6.31. The van der Waals surface area contributed by atoms with Gasteiger partial charge in [0.25, 0.3) is 0 Å². The second-order valence-corrected chi connectivity index (χ2v) is 4.69. The number of rotatable bonds is 4. The largest absolute Gasteiger partial charge is 0.497 e. The highest BCUT2D eigenvalue weighted by molar-refractivity contribution is 6.29. The Morgan fingerprint density at radius 2 is 2.05 bits per heavy atom. The highest BCUT2D eigenvalue weighted by Gasteiger charge is 2.07. The number of halogens is 1. The van der Waals surface area contributed by atoms with Gasteiger partial charge in [0.1, 0.15) is 22.5 Å². The van der Waals surface area contributed by atoms with Crippen LogP contribution in [0.25, 0.3) is 0 Å². The van der Waals surface area contributed by atoms with Gasteiger partial charge in [-0.2, -0.15) is 0 Å². The van der Waals surface area contributed by atoms with Crippen molar-refractivity contribution >= 4 is 17.4 Å². The van der Waals surface area contributed by atoms with Gasteiger partial charge in [0.15, 0.2) is 0 Å². The molecule has 1 aromatic heterocycles. The van der Waals surface area contributed by atoms with Crippen molar-refractivity contribution in [3.63, 3.8) is 0 Å². The summed E-state index contributed by atoms with van der Waals surface area (Å²) in [6, 6.07) is 9.71. The van der Waals surface area contributed by atoms with Gasteiger partial charge in [-0.25, -0.2) is 9.97 Å². The molecule has 0 amide bonds. The smallest absolute Gasteiger partial charge is 0.134 e. The van der Waals surface area contributed by atoms with Crippen LogP contribution in [0.1, 0.15) is 11.4 Å². The van der Waals surface area contributed by atoms with Gasteiger partial charge in [-0.3, -0.25) is 0 Å². The molecule has 0 atom stereocenters. The molecule has 1 aromatic carbocycles. The van der Waals surface area contributed by atoms with Gasteiger partial charge < -0.3 is 9.64 Å². The van der Waals surface area contributed by atoms with E-state index in [-0.39, 0.29) is 0 Å². The molecular formula is C14H16ClN3O. The summed E-state index contributed by atoms with van der Waals surface area (Å²) >= 11 is 5.95. The summed E-state index contributed by atoms with van der Waals surface area (Å²) in [7, 11) is 3.63. The van der Waals surface area contributed by atoms with E-state index in [1.54, 1.807) is 13.2 Å². The van der Waals surface area contributed by atoms with Crippen LogP contribution in [0.5, 0.6) is 5.75 Å². The molecule has 0 spiro atoms. The van der Waals surface area contributed by atoms with Gasteiger partial charge >= 0.3 is 0 Å². The lowest BCUT2D eigenvalue weighted by Gasteiger charge is -2.19. The van der Waals surface area contributed by atoms with Crippen LogP contribution >= 0.6 is 11.6 Å². The third-order valence-electron chi connectivity index (χ3n) is 2.74. The van der Waals surface area contributed by atoms with Crippen molar-refractivity contribution in [3.8, 4) is 5.75 Å². The summed E-state index contributed by atoms with van der Waals surface area (Å²) < 4.78 is 5.22. The number of aryl methyl sites for hydroxylation is 1. The standard InChI is InChI=1S/C14H16ClN3O/c1-10-16-13(15)8-14(17-10)18(2)9-11-5-4-6-12(7-11)19-3/h4-8H,9H2,1-3H3. The average Bonchev–Trinajstić information content (AvgIpc) is 2.37. The Labute approximate surface area is 118 Å². The second-order valence-electron chi connectivity index (χ2n) is 4.30. The molecule has 0 fully saturated rings. The summed E-state index contributed by atoms with van der Waals surface area (Å²) in [5.41, 5.74) is 1.15. The van der Waals surface area contributed by atoms with E-state index in [4.69, 9.17) is 16.3 Å². The molecule has 1 heterocycles. The molecular weight excluding hydrogens is 262 g/mol. The fraction of sp³-hybridized carbons (Fsp3) is 0.286. The Balaban J connectivity index is 2.17. The quantitative estimate of drug-likeness (QED) is 0.805. The van der Waals surface area contributed by atoms with E-state index < -0.39 is 0 Å². The first kappa shape index (κ1) is 13.6. The van der Waals surface area contributed by atoms with Gasteiger partial charge in [-0.15, -0.1) is 0 Å². The molecule has 2 aromatic rings. The van der Waals surface area contributed by atoms with Crippen LogP contribution in [0.15, 0.2) is 30.3 Å². The minimum absolute atomic E-state index is 0.458.